The zero-order chi connectivity index (χ0) is 19.5. The molecule has 0 spiro atoms. The summed E-state index contributed by atoms with van der Waals surface area (Å²) in [6.45, 7) is 7.47. The average Bonchev–Trinajstić information content (AvgIpc) is 2.66. The predicted octanol–water partition coefficient (Wildman–Crippen LogP) is 4.85. The third-order valence-electron chi connectivity index (χ3n) is 3.83. The fourth-order valence-corrected chi connectivity index (χ4v) is 2.54. The van der Waals surface area contributed by atoms with E-state index >= 15 is 0 Å². The van der Waals surface area contributed by atoms with Crippen LogP contribution in [0.5, 0.6) is 17.2 Å². The number of oxime groups is 1. The average molecular weight is 369 g/mol. The van der Waals surface area contributed by atoms with Gasteiger partial charge in [0, 0.05) is 0 Å². The minimum atomic E-state index is 0.366. The van der Waals surface area contributed by atoms with Gasteiger partial charge >= 0.3 is 0 Å². The quantitative estimate of drug-likeness (QED) is 0.341. The fourth-order valence-electron chi connectivity index (χ4n) is 2.54. The van der Waals surface area contributed by atoms with Crippen molar-refractivity contribution in [1.82, 2.24) is 0 Å². The highest BCUT2D eigenvalue weighted by Crippen LogP contribution is 2.29. The molecule has 0 heterocycles. The van der Waals surface area contributed by atoms with Gasteiger partial charge in [-0.1, -0.05) is 29.4 Å². The van der Waals surface area contributed by atoms with Gasteiger partial charge in [-0.25, -0.2) is 0 Å². The van der Waals surface area contributed by atoms with Gasteiger partial charge in [0.2, 0.25) is 0 Å². The third kappa shape index (κ3) is 6.70. The Kier molecular flexibility index (Phi) is 8.23. The van der Waals surface area contributed by atoms with Crippen LogP contribution in [0.1, 0.15) is 23.6 Å². The summed E-state index contributed by atoms with van der Waals surface area (Å²) >= 11 is 0. The van der Waals surface area contributed by atoms with Crippen LogP contribution >= 0.6 is 0 Å². The summed E-state index contributed by atoms with van der Waals surface area (Å²) in [4.78, 5) is 4.59. The Balaban J connectivity index is 1.92. The maximum Gasteiger partial charge on any atom is 0.127 e. The molecule has 27 heavy (non-hydrogen) atoms. The minimum Gasteiger partial charge on any atom is -0.490 e. The van der Waals surface area contributed by atoms with Crippen molar-refractivity contribution < 1.29 is 19.0 Å². The molecule has 0 saturated heterocycles. The van der Waals surface area contributed by atoms with E-state index in [0.29, 0.717) is 19.8 Å². The second-order valence-electron chi connectivity index (χ2n) is 5.98. The predicted molar refractivity (Wildman–Crippen MR) is 108 cm³/mol. The molecule has 2 aromatic rings. The van der Waals surface area contributed by atoms with Crippen LogP contribution in [0.25, 0.3) is 0 Å². The summed E-state index contributed by atoms with van der Waals surface area (Å²) in [5.41, 5.74) is 3.19. The first-order valence-corrected chi connectivity index (χ1v) is 8.88. The van der Waals surface area contributed by atoms with Crippen LogP contribution in [-0.2, 0) is 11.4 Å². The standard InChI is InChI=1S/C22H27NO4/c1-5-6-12-25-21-14-17(2)22(18(3)15-21)27-16-19-7-9-20(10-8-19)26-13-11-23-24-4/h5-11,14-15H,12-13,16H2,1-4H3/b6-5+,23-11-. The first-order valence-electron chi connectivity index (χ1n) is 8.88. The molecule has 2 aromatic carbocycles. The molecular weight excluding hydrogens is 342 g/mol. The molecular formula is C22H27NO4. The van der Waals surface area contributed by atoms with Crippen molar-refractivity contribution in [2.75, 3.05) is 20.3 Å². The number of benzene rings is 2. The molecule has 0 aliphatic rings. The van der Waals surface area contributed by atoms with Gasteiger partial charge < -0.3 is 19.0 Å². The Hall–Kier alpha value is -2.95. The number of ether oxygens (including phenoxy) is 3. The van der Waals surface area contributed by atoms with Crippen LogP contribution in [0.3, 0.4) is 0 Å². The van der Waals surface area contributed by atoms with Gasteiger partial charge in [0.1, 0.15) is 44.2 Å². The molecule has 5 heteroatoms. The van der Waals surface area contributed by atoms with Crippen molar-refractivity contribution in [2.24, 2.45) is 5.16 Å². The van der Waals surface area contributed by atoms with Crippen molar-refractivity contribution in [3.8, 4) is 17.2 Å². The molecule has 0 aliphatic heterocycles. The van der Waals surface area contributed by atoms with Crippen LogP contribution in [-0.4, -0.2) is 26.5 Å². The Morgan fingerprint density at radius 2 is 1.56 bits per heavy atom. The van der Waals surface area contributed by atoms with Crippen LogP contribution in [0.15, 0.2) is 53.7 Å². The molecule has 0 fully saturated rings. The van der Waals surface area contributed by atoms with E-state index in [1.54, 1.807) is 6.21 Å². The van der Waals surface area contributed by atoms with Gasteiger partial charge in [-0.15, -0.1) is 0 Å². The van der Waals surface area contributed by atoms with Gasteiger partial charge in [0.05, 0.1) is 6.21 Å². The number of rotatable bonds is 10. The van der Waals surface area contributed by atoms with Crippen LogP contribution < -0.4 is 14.2 Å². The van der Waals surface area contributed by atoms with Gasteiger partial charge in [-0.05, 0) is 61.7 Å². The van der Waals surface area contributed by atoms with Gasteiger partial charge in [0.25, 0.3) is 0 Å². The lowest BCUT2D eigenvalue weighted by Gasteiger charge is -2.14. The Bertz CT molecular complexity index is 743. The van der Waals surface area contributed by atoms with Crippen LogP contribution in [0.2, 0.25) is 0 Å². The summed E-state index contributed by atoms with van der Waals surface area (Å²) in [5.74, 6) is 2.52. The van der Waals surface area contributed by atoms with Crippen LogP contribution in [0, 0.1) is 13.8 Å². The second-order valence-corrected chi connectivity index (χ2v) is 5.98. The van der Waals surface area contributed by atoms with E-state index < -0.39 is 0 Å². The van der Waals surface area contributed by atoms with E-state index in [1.165, 1.54) is 7.11 Å². The SMILES string of the molecule is C/C=C/COc1cc(C)c(OCc2ccc(OC/C=N\OC)cc2)c(C)c1. The molecule has 0 N–H and O–H groups in total. The monoisotopic (exact) mass is 369 g/mol. The maximum absolute atomic E-state index is 6.04. The Morgan fingerprint density at radius 3 is 2.19 bits per heavy atom. The second kappa shape index (κ2) is 10.9. The van der Waals surface area contributed by atoms with E-state index in [2.05, 4.69) is 9.99 Å². The van der Waals surface area contributed by atoms with Gasteiger partial charge in [-0.3, -0.25) is 0 Å². The molecule has 0 amide bonds. The van der Waals surface area contributed by atoms with E-state index in [4.69, 9.17) is 14.2 Å². The molecule has 144 valence electrons. The maximum atomic E-state index is 6.04. The van der Waals surface area contributed by atoms with Gasteiger partial charge in [0.15, 0.2) is 0 Å². The number of aryl methyl sites for hydroxylation is 2. The molecule has 0 unspecified atom stereocenters. The molecule has 0 bridgehead atoms. The molecule has 0 radical (unpaired) electrons. The lowest BCUT2D eigenvalue weighted by atomic mass is 10.1. The Morgan fingerprint density at radius 1 is 0.889 bits per heavy atom. The van der Waals surface area contributed by atoms with E-state index in [-0.39, 0.29) is 0 Å². The van der Waals surface area contributed by atoms with Crippen molar-refractivity contribution >= 4 is 6.21 Å². The summed E-state index contributed by atoms with van der Waals surface area (Å²) in [6.07, 6.45) is 5.52. The van der Waals surface area contributed by atoms with Crippen LogP contribution in [0.4, 0.5) is 0 Å². The summed E-state index contributed by atoms with van der Waals surface area (Å²) in [5, 5.41) is 3.63. The number of nitrogens with zero attached hydrogens (tertiary/aromatic N) is 1. The van der Waals surface area contributed by atoms with Gasteiger partial charge in [-0.2, -0.15) is 0 Å². The fraction of sp³-hybridized carbons (Fsp3) is 0.318. The van der Waals surface area contributed by atoms with Crippen molar-refractivity contribution in [3.05, 3.63) is 65.2 Å². The number of hydrogen-bond acceptors (Lipinski definition) is 5. The normalized spacial score (nSPS) is 11.1. The van der Waals surface area contributed by atoms with Crippen molar-refractivity contribution in [1.29, 1.82) is 0 Å². The zero-order valence-electron chi connectivity index (χ0n) is 16.4. The molecule has 2 rings (SSSR count). The summed E-state index contributed by atoms with van der Waals surface area (Å²) in [7, 11) is 1.50. The first-order chi connectivity index (χ1) is 13.1. The molecule has 0 saturated carbocycles. The van der Waals surface area contributed by atoms with E-state index in [9.17, 15) is 0 Å². The van der Waals surface area contributed by atoms with E-state index in [0.717, 1.165) is 33.9 Å². The molecule has 5 nitrogen and oxygen atoms in total. The summed E-state index contributed by atoms with van der Waals surface area (Å²) in [6, 6.07) is 11.8. The number of allylic oxidation sites excluding steroid dienone is 1. The Labute approximate surface area is 161 Å². The third-order valence-corrected chi connectivity index (χ3v) is 3.83. The lowest BCUT2D eigenvalue weighted by Crippen LogP contribution is -2.01. The molecule has 0 aromatic heterocycles. The minimum absolute atomic E-state index is 0.366. The van der Waals surface area contributed by atoms with E-state index in [1.807, 2.05) is 69.3 Å². The first kappa shape index (κ1) is 20.4. The molecule has 0 aliphatic carbocycles. The lowest BCUT2D eigenvalue weighted by molar-refractivity contribution is 0.212. The highest BCUT2D eigenvalue weighted by Gasteiger charge is 2.08. The largest absolute Gasteiger partial charge is 0.490 e. The highest BCUT2D eigenvalue weighted by atomic mass is 16.6. The number of hydrogen-bond donors (Lipinski definition) is 0. The zero-order valence-corrected chi connectivity index (χ0v) is 16.4. The van der Waals surface area contributed by atoms with Crippen molar-refractivity contribution in [2.45, 2.75) is 27.4 Å². The topological polar surface area (TPSA) is 49.3 Å². The van der Waals surface area contributed by atoms with Crippen molar-refractivity contribution in [3.63, 3.8) is 0 Å². The molecule has 0 atom stereocenters. The smallest absolute Gasteiger partial charge is 0.127 e. The highest BCUT2D eigenvalue weighted by molar-refractivity contribution is 5.58. The summed E-state index contributed by atoms with van der Waals surface area (Å²) < 4.78 is 17.3.